The van der Waals surface area contributed by atoms with Crippen LogP contribution in [0.15, 0.2) is 18.2 Å². The van der Waals surface area contributed by atoms with Gasteiger partial charge in [0, 0.05) is 18.7 Å². The van der Waals surface area contributed by atoms with Gasteiger partial charge in [-0.15, -0.1) is 0 Å². The third-order valence-electron chi connectivity index (χ3n) is 3.50. The van der Waals surface area contributed by atoms with E-state index < -0.39 is 0 Å². The van der Waals surface area contributed by atoms with E-state index in [1.807, 2.05) is 30.0 Å². The van der Waals surface area contributed by atoms with Gasteiger partial charge in [-0.3, -0.25) is 4.79 Å². The van der Waals surface area contributed by atoms with Crippen LogP contribution in [0, 0.1) is 0 Å². The van der Waals surface area contributed by atoms with Crippen molar-refractivity contribution in [1.82, 2.24) is 4.90 Å². The van der Waals surface area contributed by atoms with Crippen molar-refractivity contribution in [1.29, 1.82) is 0 Å². The number of benzene rings is 1. The van der Waals surface area contributed by atoms with Gasteiger partial charge < -0.3 is 15.4 Å². The minimum atomic E-state index is 0.127. The molecule has 0 aromatic heterocycles. The first-order valence-electron chi connectivity index (χ1n) is 6.96. The van der Waals surface area contributed by atoms with Crippen LogP contribution in [0.5, 0.6) is 5.75 Å². The number of carbonyl (C=O) groups is 1. The summed E-state index contributed by atoms with van der Waals surface area (Å²) < 4.78 is 5.76. The molecule has 0 aliphatic carbocycles. The average molecular weight is 262 g/mol. The monoisotopic (exact) mass is 262 g/mol. The molecule has 1 atom stereocenters. The van der Waals surface area contributed by atoms with E-state index in [9.17, 15) is 4.79 Å². The predicted molar refractivity (Wildman–Crippen MR) is 76.1 cm³/mol. The lowest BCUT2D eigenvalue weighted by Crippen LogP contribution is -2.46. The first-order chi connectivity index (χ1) is 9.15. The Morgan fingerprint density at radius 1 is 1.47 bits per heavy atom. The van der Waals surface area contributed by atoms with Gasteiger partial charge in [0.15, 0.2) is 0 Å². The highest BCUT2D eigenvalue weighted by atomic mass is 16.5. The maximum Gasteiger partial charge on any atom is 0.222 e. The number of nitrogens with two attached hydrogens (primary N) is 1. The summed E-state index contributed by atoms with van der Waals surface area (Å²) in [5, 5.41) is 0. The van der Waals surface area contributed by atoms with Gasteiger partial charge in [0.05, 0.1) is 6.04 Å². The number of carbonyl (C=O) groups excluding carboxylic acids is 1. The van der Waals surface area contributed by atoms with Crippen molar-refractivity contribution < 1.29 is 9.53 Å². The standard InChI is InChI=1S/C15H22N2O2/c1-3-7-17(15(18)4-2)13-9-11-8-12(16)5-6-14(11)19-10-13/h5-6,8,13H,3-4,7,9-10,16H2,1-2H3/t13-/m0/s1. The fourth-order valence-corrected chi connectivity index (χ4v) is 2.55. The van der Waals surface area contributed by atoms with Crippen LogP contribution in [-0.4, -0.2) is 30.0 Å². The number of rotatable bonds is 4. The molecule has 1 aliphatic rings. The molecule has 1 aliphatic heterocycles. The highest BCUT2D eigenvalue weighted by Crippen LogP contribution is 2.28. The molecule has 0 fully saturated rings. The van der Waals surface area contributed by atoms with Gasteiger partial charge in [0.2, 0.25) is 5.91 Å². The summed E-state index contributed by atoms with van der Waals surface area (Å²) in [4.78, 5) is 14.0. The molecular formula is C15H22N2O2. The number of ether oxygens (including phenoxy) is 1. The molecule has 0 unspecified atom stereocenters. The Morgan fingerprint density at radius 2 is 2.26 bits per heavy atom. The van der Waals surface area contributed by atoms with Crippen LogP contribution < -0.4 is 10.5 Å². The molecule has 1 amide bonds. The second kappa shape index (κ2) is 5.95. The number of nitrogens with zero attached hydrogens (tertiary/aromatic N) is 1. The summed E-state index contributed by atoms with van der Waals surface area (Å²) >= 11 is 0. The zero-order valence-corrected chi connectivity index (χ0v) is 11.7. The number of anilines is 1. The molecule has 0 saturated heterocycles. The molecule has 0 saturated carbocycles. The highest BCUT2D eigenvalue weighted by molar-refractivity contribution is 5.76. The Hall–Kier alpha value is -1.71. The maximum absolute atomic E-state index is 12.0. The molecule has 0 bridgehead atoms. The van der Waals surface area contributed by atoms with Crippen LogP contribution in [0.1, 0.15) is 32.3 Å². The van der Waals surface area contributed by atoms with Gasteiger partial charge >= 0.3 is 0 Å². The normalized spacial score (nSPS) is 17.5. The van der Waals surface area contributed by atoms with Gasteiger partial charge in [0.1, 0.15) is 12.4 Å². The molecule has 1 heterocycles. The van der Waals surface area contributed by atoms with Crippen LogP contribution in [0.25, 0.3) is 0 Å². The molecule has 1 aromatic carbocycles. The molecule has 0 radical (unpaired) electrons. The molecule has 0 spiro atoms. The molecule has 4 nitrogen and oxygen atoms in total. The van der Waals surface area contributed by atoms with E-state index in [4.69, 9.17) is 10.5 Å². The smallest absolute Gasteiger partial charge is 0.222 e. The number of hydrogen-bond donors (Lipinski definition) is 1. The lowest BCUT2D eigenvalue weighted by molar-refractivity contribution is -0.134. The summed E-state index contributed by atoms with van der Waals surface area (Å²) in [6.07, 6.45) is 2.33. The average Bonchev–Trinajstić information content (AvgIpc) is 2.43. The summed E-state index contributed by atoms with van der Waals surface area (Å²) in [7, 11) is 0. The molecule has 2 rings (SSSR count). The van der Waals surface area contributed by atoms with Gasteiger partial charge in [-0.05, 0) is 36.6 Å². The van der Waals surface area contributed by atoms with E-state index in [-0.39, 0.29) is 11.9 Å². The van der Waals surface area contributed by atoms with Crippen molar-refractivity contribution in [2.75, 3.05) is 18.9 Å². The van der Waals surface area contributed by atoms with Crippen LogP contribution in [0.4, 0.5) is 5.69 Å². The summed E-state index contributed by atoms with van der Waals surface area (Å²) in [6, 6.07) is 5.83. The Bertz CT molecular complexity index is 459. The molecular weight excluding hydrogens is 240 g/mol. The van der Waals surface area contributed by atoms with Crippen molar-refractivity contribution in [3.05, 3.63) is 23.8 Å². The predicted octanol–water partition coefficient (Wildman–Crippen LogP) is 2.22. The van der Waals surface area contributed by atoms with Crippen molar-refractivity contribution >= 4 is 11.6 Å². The zero-order valence-electron chi connectivity index (χ0n) is 11.7. The van der Waals surface area contributed by atoms with Gasteiger partial charge in [-0.2, -0.15) is 0 Å². The van der Waals surface area contributed by atoms with Gasteiger partial charge in [0.25, 0.3) is 0 Å². The molecule has 19 heavy (non-hydrogen) atoms. The van der Waals surface area contributed by atoms with E-state index in [0.29, 0.717) is 13.0 Å². The Labute approximate surface area is 114 Å². The van der Waals surface area contributed by atoms with E-state index >= 15 is 0 Å². The maximum atomic E-state index is 12.0. The van der Waals surface area contributed by atoms with Gasteiger partial charge in [-0.25, -0.2) is 0 Å². The SMILES string of the molecule is CCCN(C(=O)CC)[C@@H]1COc2ccc(N)cc2C1. The van der Waals surface area contributed by atoms with Crippen LogP contribution in [0.2, 0.25) is 0 Å². The number of fused-ring (bicyclic) bond motifs is 1. The highest BCUT2D eigenvalue weighted by Gasteiger charge is 2.27. The first-order valence-corrected chi connectivity index (χ1v) is 6.96. The van der Waals surface area contributed by atoms with Crippen LogP contribution >= 0.6 is 0 Å². The van der Waals surface area contributed by atoms with Crippen molar-refractivity contribution in [3.8, 4) is 5.75 Å². The Morgan fingerprint density at radius 3 is 2.95 bits per heavy atom. The summed E-state index contributed by atoms with van der Waals surface area (Å²) in [5.74, 6) is 1.09. The lowest BCUT2D eigenvalue weighted by atomic mass is 10.0. The molecule has 104 valence electrons. The van der Waals surface area contributed by atoms with Crippen molar-refractivity contribution in [2.45, 2.75) is 39.2 Å². The van der Waals surface area contributed by atoms with E-state index in [2.05, 4.69) is 6.92 Å². The van der Waals surface area contributed by atoms with E-state index in [1.54, 1.807) is 0 Å². The quantitative estimate of drug-likeness (QED) is 0.846. The number of nitrogen functional groups attached to an aromatic ring is 1. The lowest BCUT2D eigenvalue weighted by Gasteiger charge is -2.35. The minimum Gasteiger partial charge on any atom is -0.491 e. The van der Waals surface area contributed by atoms with Crippen molar-refractivity contribution in [3.63, 3.8) is 0 Å². The first kappa shape index (κ1) is 13.7. The van der Waals surface area contributed by atoms with Crippen molar-refractivity contribution in [2.24, 2.45) is 0 Å². The Balaban J connectivity index is 2.16. The van der Waals surface area contributed by atoms with Gasteiger partial charge in [-0.1, -0.05) is 13.8 Å². The number of amides is 1. The molecule has 4 heteroatoms. The summed E-state index contributed by atoms with van der Waals surface area (Å²) in [6.45, 7) is 5.35. The topological polar surface area (TPSA) is 55.6 Å². The minimum absolute atomic E-state index is 0.127. The number of hydrogen-bond acceptors (Lipinski definition) is 3. The Kier molecular flexibility index (Phi) is 4.30. The molecule has 2 N–H and O–H groups in total. The molecule has 1 aromatic rings. The zero-order chi connectivity index (χ0) is 13.8. The van der Waals surface area contributed by atoms with E-state index in [1.165, 1.54) is 0 Å². The second-order valence-electron chi connectivity index (χ2n) is 4.98. The second-order valence-corrected chi connectivity index (χ2v) is 4.98. The largest absolute Gasteiger partial charge is 0.491 e. The van der Waals surface area contributed by atoms with E-state index in [0.717, 1.165) is 36.4 Å². The fraction of sp³-hybridized carbons (Fsp3) is 0.533. The fourth-order valence-electron chi connectivity index (χ4n) is 2.55. The van der Waals surface area contributed by atoms with Crippen LogP contribution in [0.3, 0.4) is 0 Å². The van der Waals surface area contributed by atoms with Crippen LogP contribution in [-0.2, 0) is 11.2 Å². The third-order valence-corrected chi connectivity index (χ3v) is 3.50. The summed E-state index contributed by atoms with van der Waals surface area (Å²) in [5.41, 5.74) is 7.65. The third kappa shape index (κ3) is 3.00.